The van der Waals surface area contributed by atoms with Crippen LogP contribution in [0.25, 0.3) is 0 Å². The van der Waals surface area contributed by atoms with Gasteiger partial charge < -0.3 is 0 Å². The maximum absolute atomic E-state index is 10.7. The number of hydrogen-bond acceptors (Lipinski definition) is 3. The van der Waals surface area contributed by atoms with Gasteiger partial charge in [0.2, 0.25) is 10.0 Å². The molecule has 7 heteroatoms. The van der Waals surface area contributed by atoms with Crippen molar-refractivity contribution in [2.75, 3.05) is 19.3 Å². The van der Waals surface area contributed by atoms with E-state index in [2.05, 4.69) is 21.0 Å². The van der Waals surface area contributed by atoms with Crippen LogP contribution in [0.2, 0.25) is 0 Å². The summed E-state index contributed by atoms with van der Waals surface area (Å²) in [4.78, 5) is 0. The van der Waals surface area contributed by atoms with Crippen molar-refractivity contribution in [2.45, 2.75) is 12.8 Å². The first-order chi connectivity index (χ1) is 7.25. The van der Waals surface area contributed by atoms with Crippen molar-refractivity contribution in [3.05, 3.63) is 10.7 Å². The summed E-state index contributed by atoms with van der Waals surface area (Å²) in [5, 5.41) is 9.08. The van der Waals surface area contributed by atoms with Crippen LogP contribution in [0.15, 0.2) is 15.8 Å². The van der Waals surface area contributed by atoms with Crippen LogP contribution < -0.4 is 5.14 Å². The lowest BCUT2D eigenvalue weighted by molar-refractivity contribution is -0.863. The molecule has 0 saturated heterocycles. The number of halogens is 1. The second-order valence-electron chi connectivity index (χ2n) is 3.64. The van der Waals surface area contributed by atoms with Gasteiger partial charge in [0.15, 0.2) is 0 Å². The molecule has 1 heterocycles. The minimum atomic E-state index is -3.38. The molecule has 1 rings (SSSR count). The average Bonchev–Trinajstić information content (AvgIpc) is 2.41. The van der Waals surface area contributed by atoms with Gasteiger partial charge in [0.25, 0.3) is 0 Å². The second kappa shape index (κ2) is 4.73. The lowest BCUT2D eigenvalue weighted by Gasteiger charge is -2.19. The highest BCUT2D eigenvalue weighted by atomic mass is 79.9. The number of sulfonamides is 1. The van der Waals surface area contributed by atoms with Crippen molar-refractivity contribution in [2.24, 2.45) is 10.2 Å². The average molecular weight is 299 g/mol. The van der Waals surface area contributed by atoms with Crippen LogP contribution in [0, 0.1) is 0 Å². The topological polar surface area (TPSA) is 72.5 Å². The number of rotatable bonds is 5. The first-order valence-corrected chi connectivity index (χ1v) is 7.04. The maximum Gasteiger partial charge on any atom is 0.209 e. The van der Waals surface area contributed by atoms with Gasteiger partial charge in [-0.1, -0.05) is 5.10 Å². The van der Waals surface area contributed by atoms with E-state index in [0.29, 0.717) is 30.0 Å². The summed E-state index contributed by atoms with van der Waals surface area (Å²) in [5.41, 5.74) is 0. The lowest BCUT2D eigenvalue weighted by atomic mass is 10.3. The summed E-state index contributed by atoms with van der Waals surface area (Å²) >= 11 is 3.23. The van der Waals surface area contributed by atoms with E-state index in [0.717, 1.165) is 0 Å². The Bertz CT molecular complexity index is 435. The SMILES string of the molecule is [3H]C1=C(Br)C=N[N+]1(C)CCCCS(N)(=O)=O. The fourth-order valence-corrected chi connectivity index (χ4v) is 2.38. The summed E-state index contributed by atoms with van der Waals surface area (Å²) in [6.45, 7) is 0.597. The molecule has 0 aromatic carbocycles. The quantitative estimate of drug-likeness (QED) is 0.600. The Morgan fingerprint density at radius 1 is 1.67 bits per heavy atom. The zero-order valence-electron chi connectivity index (χ0n) is 9.48. The van der Waals surface area contributed by atoms with Crippen LogP contribution in [-0.4, -0.2) is 38.6 Å². The number of allylic oxidation sites excluding steroid dienone is 1. The van der Waals surface area contributed by atoms with Crippen LogP contribution in [0.4, 0.5) is 0 Å². The molecule has 1 aliphatic rings. The van der Waals surface area contributed by atoms with E-state index in [1.165, 1.54) is 0 Å². The molecule has 0 aromatic rings. The molecule has 5 nitrogen and oxygen atoms in total. The van der Waals surface area contributed by atoms with E-state index >= 15 is 0 Å². The molecule has 1 unspecified atom stereocenters. The highest BCUT2D eigenvalue weighted by Gasteiger charge is 2.23. The van der Waals surface area contributed by atoms with Crippen molar-refractivity contribution in [3.63, 3.8) is 0 Å². The molecule has 0 fully saturated rings. The summed E-state index contributed by atoms with van der Waals surface area (Å²) in [6, 6.07) is 0. The Morgan fingerprint density at radius 2 is 2.33 bits per heavy atom. The number of hydrogen-bond donors (Lipinski definition) is 1. The molecular formula is C8H15BrN3O2S+. The second-order valence-corrected chi connectivity index (χ2v) is 6.23. The smallest absolute Gasteiger partial charge is 0.209 e. The lowest BCUT2D eigenvalue weighted by Crippen LogP contribution is -2.31. The van der Waals surface area contributed by atoms with Gasteiger partial charge in [0.1, 0.15) is 20.3 Å². The summed E-state index contributed by atoms with van der Waals surface area (Å²) < 4.78 is 30.0. The Hall–Kier alpha value is -0.240. The van der Waals surface area contributed by atoms with E-state index < -0.39 is 10.0 Å². The highest BCUT2D eigenvalue weighted by molar-refractivity contribution is 9.12. The minimum absolute atomic E-state index is 0.0189. The molecule has 1 atom stereocenters. The molecule has 1 aliphatic heterocycles. The third kappa shape index (κ3) is 4.87. The van der Waals surface area contributed by atoms with Gasteiger partial charge in [0.05, 0.1) is 17.3 Å². The van der Waals surface area contributed by atoms with Crippen LogP contribution in [0.3, 0.4) is 0 Å². The van der Waals surface area contributed by atoms with Crippen LogP contribution in [-0.2, 0) is 10.0 Å². The first-order valence-electron chi connectivity index (χ1n) is 5.03. The van der Waals surface area contributed by atoms with Gasteiger partial charge >= 0.3 is 0 Å². The Labute approximate surface area is 99.8 Å². The van der Waals surface area contributed by atoms with Gasteiger partial charge in [-0.25, -0.2) is 13.6 Å². The third-order valence-corrected chi connectivity index (χ3v) is 3.29. The molecule has 0 aliphatic carbocycles. The fourth-order valence-electron chi connectivity index (χ4n) is 1.30. The minimum Gasteiger partial charge on any atom is -0.229 e. The molecule has 2 N–H and O–H groups in total. The van der Waals surface area contributed by atoms with Crippen molar-refractivity contribution in [1.82, 2.24) is 0 Å². The number of unbranched alkanes of at least 4 members (excludes halogenated alkanes) is 1. The molecule has 0 radical (unpaired) electrons. The Kier molecular flexibility index (Phi) is 3.55. The van der Waals surface area contributed by atoms with Crippen LogP contribution >= 0.6 is 15.9 Å². The van der Waals surface area contributed by atoms with E-state index in [4.69, 9.17) is 6.51 Å². The third-order valence-electron chi connectivity index (χ3n) is 2.05. The van der Waals surface area contributed by atoms with E-state index in [9.17, 15) is 8.42 Å². The summed E-state index contributed by atoms with van der Waals surface area (Å²) in [5.74, 6) is -0.0189. The molecule has 0 amide bonds. The molecule has 86 valence electrons. The van der Waals surface area contributed by atoms with E-state index in [-0.39, 0.29) is 10.3 Å². The molecule has 0 spiro atoms. The van der Waals surface area contributed by atoms with Gasteiger partial charge in [-0.15, -0.1) is 0 Å². The molecule has 0 saturated carbocycles. The largest absolute Gasteiger partial charge is 0.229 e. The van der Waals surface area contributed by atoms with Crippen molar-refractivity contribution >= 4 is 32.2 Å². The molecule has 0 aromatic heterocycles. The van der Waals surface area contributed by atoms with Crippen LogP contribution in [0.1, 0.15) is 14.2 Å². The van der Waals surface area contributed by atoms with Crippen molar-refractivity contribution in [1.29, 1.82) is 0 Å². The van der Waals surface area contributed by atoms with E-state index in [1.54, 1.807) is 6.21 Å². The summed E-state index contributed by atoms with van der Waals surface area (Å²) in [7, 11) is -1.57. The Balaban J connectivity index is 2.43. The monoisotopic (exact) mass is 298 g/mol. The van der Waals surface area contributed by atoms with E-state index in [1.807, 2.05) is 7.05 Å². The number of quaternary nitrogens is 1. The fraction of sp³-hybridized carbons (Fsp3) is 0.625. The van der Waals surface area contributed by atoms with Crippen molar-refractivity contribution in [3.8, 4) is 0 Å². The maximum atomic E-state index is 10.7. The van der Waals surface area contributed by atoms with Gasteiger partial charge in [-0.2, -0.15) is 4.59 Å². The van der Waals surface area contributed by atoms with Gasteiger partial charge in [0, 0.05) is 6.42 Å². The number of nitrogens with zero attached hydrogens (tertiary/aromatic N) is 2. The molecule has 0 bridgehead atoms. The number of primary sulfonamides is 1. The number of nitrogens with two attached hydrogens (primary N) is 1. The first kappa shape index (κ1) is 11.3. The zero-order chi connectivity index (χ0) is 12.4. The zero-order valence-corrected chi connectivity index (χ0v) is 10.9. The predicted octanol–water partition coefficient (Wildman–Crippen LogP) is 0.737. The molecular weight excluding hydrogens is 282 g/mol. The standard InChI is InChI=1S/C8H15BrN3O2S/c1-12(7-8(9)6-11-12)4-2-3-5-15(10,13)14/h6-7H,2-5H2,1H3,(H2,10,13,14)/q+1/i7T. The predicted molar refractivity (Wildman–Crippen MR) is 63.8 cm³/mol. The van der Waals surface area contributed by atoms with Gasteiger partial charge in [-0.3, -0.25) is 0 Å². The molecule has 15 heavy (non-hydrogen) atoms. The van der Waals surface area contributed by atoms with Crippen LogP contribution in [0.5, 0.6) is 0 Å². The Morgan fingerprint density at radius 3 is 2.80 bits per heavy atom. The van der Waals surface area contributed by atoms with Crippen molar-refractivity contribution < 1.29 is 14.4 Å². The normalized spacial score (nSPS) is 27.3. The summed E-state index contributed by atoms with van der Waals surface area (Å²) in [6.07, 6.45) is 3.14. The van der Waals surface area contributed by atoms with Gasteiger partial charge in [-0.05, 0) is 22.4 Å². The highest BCUT2D eigenvalue weighted by Crippen LogP contribution is 2.19.